The number of rotatable bonds is 3. The van der Waals surface area contributed by atoms with Gasteiger partial charge in [-0.2, -0.15) is 0 Å². The third kappa shape index (κ3) is 2.88. The minimum atomic E-state index is -0.461. The Balaban J connectivity index is 2.91. The Labute approximate surface area is 90.7 Å². The van der Waals surface area contributed by atoms with Crippen LogP contribution in [0, 0.1) is 0 Å². The fraction of sp³-hybridized carbons (Fsp3) is 0.100. The van der Waals surface area contributed by atoms with Crippen molar-refractivity contribution in [1.82, 2.24) is 0 Å². The van der Waals surface area contributed by atoms with E-state index in [1.54, 1.807) is 13.2 Å². The molecule has 4 heteroatoms. The van der Waals surface area contributed by atoms with E-state index in [2.05, 4.69) is 15.9 Å². The second-order valence-corrected chi connectivity index (χ2v) is 3.48. The second-order valence-electron chi connectivity index (χ2n) is 2.63. The maximum atomic E-state index is 10.5. The Kier molecular flexibility index (Phi) is 3.71. The molecule has 2 N–H and O–H groups in total. The number of amides is 1. The number of halogens is 1. The number of carbonyl (C=O) groups excluding carboxylic acids is 1. The third-order valence-corrected chi connectivity index (χ3v) is 2.24. The predicted molar refractivity (Wildman–Crippen MR) is 58.9 cm³/mol. The van der Waals surface area contributed by atoms with Gasteiger partial charge in [-0.25, -0.2) is 0 Å². The van der Waals surface area contributed by atoms with Gasteiger partial charge >= 0.3 is 0 Å². The van der Waals surface area contributed by atoms with Crippen LogP contribution >= 0.6 is 15.9 Å². The van der Waals surface area contributed by atoms with Crippen molar-refractivity contribution in [3.05, 3.63) is 34.3 Å². The van der Waals surface area contributed by atoms with E-state index in [1.807, 2.05) is 18.2 Å². The van der Waals surface area contributed by atoms with Gasteiger partial charge in [0.1, 0.15) is 5.75 Å². The molecule has 0 aliphatic heterocycles. The lowest BCUT2D eigenvalue weighted by molar-refractivity contribution is -0.113. The van der Waals surface area contributed by atoms with Crippen LogP contribution in [-0.4, -0.2) is 13.0 Å². The maximum absolute atomic E-state index is 10.5. The molecule has 1 aromatic carbocycles. The van der Waals surface area contributed by atoms with Crippen LogP contribution in [0.1, 0.15) is 5.56 Å². The summed E-state index contributed by atoms with van der Waals surface area (Å²) < 4.78 is 5.90. The fourth-order valence-corrected chi connectivity index (χ4v) is 1.52. The number of primary amides is 1. The van der Waals surface area contributed by atoms with E-state index in [0.717, 1.165) is 15.8 Å². The Morgan fingerprint density at radius 3 is 2.79 bits per heavy atom. The monoisotopic (exact) mass is 255 g/mol. The van der Waals surface area contributed by atoms with Crippen LogP contribution in [0.15, 0.2) is 28.7 Å². The molecule has 0 atom stereocenters. The lowest BCUT2D eigenvalue weighted by Crippen LogP contribution is -2.05. The van der Waals surface area contributed by atoms with E-state index >= 15 is 0 Å². The lowest BCUT2D eigenvalue weighted by Gasteiger charge is -2.02. The zero-order chi connectivity index (χ0) is 10.6. The highest BCUT2D eigenvalue weighted by Gasteiger charge is 1.98. The molecule has 0 bridgehead atoms. The number of carbonyl (C=O) groups is 1. The summed E-state index contributed by atoms with van der Waals surface area (Å²) in [6, 6.07) is 5.49. The van der Waals surface area contributed by atoms with Crippen molar-refractivity contribution in [3.8, 4) is 5.75 Å². The van der Waals surface area contributed by atoms with Crippen LogP contribution < -0.4 is 10.5 Å². The molecule has 0 radical (unpaired) electrons. The standard InChI is InChI=1S/C10H10BrNO2/c1-14-9-4-2-7(6-8(9)11)3-5-10(12)13/h2-6H,1H3,(H2,12,13). The predicted octanol–water partition coefficient (Wildman–Crippen LogP) is 1.96. The molecule has 0 aromatic heterocycles. The SMILES string of the molecule is COc1ccc(C=CC(N)=O)cc1Br. The van der Waals surface area contributed by atoms with Crippen LogP contribution in [0.3, 0.4) is 0 Å². The summed E-state index contributed by atoms with van der Waals surface area (Å²) in [5.74, 6) is 0.290. The number of methoxy groups -OCH3 is 1. The van der Waals surface area contributed by atoms with Crippen LogP contribution in [0.25, 0.3) is 6.08 Å². The number of hydrogen-bond donors (Lipinski definition) is 1. The van der Waals surface area contributed by atoms with Crippen molar-refractivity contribution in [1.29, 1.82) is 0 Å². The summed E-state index contributed by atoms with van der Waals surface area (Å²) >= 11 is 3.34. The smallest absolute Gasteiger partial charge is 0.241 e. The summed E-state index contributed by atoms with van der Waals surface area (Å²) in [5, 5.41) is 0. The normalized spacial score (nSPS) is 10.4. The van der Waals surface area contributed by atoms with Gasteiger partial charge in [-0.15, -0.1) is 0 Å². The van der Waals surface area contributed by atoms with Crippen LogP contribution in [0.5, 0.6) is 5.75 Å². The van der Waals surface area contributed by atoms with Crippen molar-refractivity contribution in [2.24, 2.45) is 5.73 Å². The first-order chi connectivity index (χ1) is 6.63. The topological polar surface area (TPSA) is 52.3 Å². The number of ether oxygens (including phenoxy) is 1. The molecule has 1 amide bonds. The van der Waals surface area contributed by atoms with Crippen LogP contribution in [-0.2, 0) is 4.79 Å². The Morgan fingerprint density at radius 2 is 2.29 bits per heavy atom. The fourth-order valence-electron chi connectivity index (χ4n) is 0.965. The Bertz CT molecular complexity index is 374. The first-order valence-electron chi connectivity index (χ1n) is 3.94. The quantitative estimate of drug-likeness (QED) is 0.840. The highest BCUT2D eigenvalue weighted by molar-refractivity contribution is 9.10. The number of benzene rings is 1. The van der Waals surface area contributed by atoms with E-state index in [9.17, 15) is 4.79 Å². The minimum absolute atomic E-state index is 0.461. The van der Waals surface area contributed by atoms with Crippen LogP contribution in [0.2, 0.25) is 0 Å². The summed E-state index contributed by atoms with van der Waals surface area (Å²) in [6.45, 7) is 0. The average Bonchev–Trinajstić information content (AvgIpc) is 2.15. The highest BCUT2D eigenvalue weighted by Crippen LogP contribution is 2.25. The molecule has 0 spiro atoms. The maximum Gasteiger partial charge on any atom is 0.241 e. The van der Waals surface area contributed by atoms with Crippen LogP contribution in [0.4, 0.5) is 0 Å². The number of hydrogen-bond acceptors (Lipinski definition) is 2. The van der Waals surface area contributed by atoms with Crippen molar-refractivity contribution in [3.63, 3.8) is 0 Å². The molecule has 0 saturated heterocycles. The first kappa shape index (κ1) is 10.8. The molecular formula is C10H10BrNO2. The first-order valence-corrected chi connectivity index (χ1v) is 4.74. The average molecular weight is 256 g/mol. The van der Waals surface area contributed by atoms with Crippen molar-refractivity contribution < 1.29 is 9.53 Å². The molecule has 3 nitrogen and oxygen atoms in total. The summed E-state index contributed by atoms with van der Waals surface area (Å²) in [7, 11) is 1.60. The second kappa shape index (κ2) is 4.81. The molecule has 0 heterocycles. The van der Waals surface area contributed by atoms with E-state index in [1.165, 1.54) is 6.08 Å². The number of nitrogens with two attached hydrogens (primary N) is 1. The molecule has 0 aliphatic rings. The zero-order valence-electron chi connectivity index (χ0n) is 7.66. The largest absolute Gasteiger partial charge is 0.496 e. The minimum Gasteiger partial charge on any atom is -0.496 e. The van der Waals surface area contributed by atoms with Gasteiger partial charge in [0, 0.05) is 6.08 Å². The van der Waals surface area contributed by atoms with Gasteiger partial charge in [-0.1, -0.05) is 6.07 Å². The zero-order valence-corrected chi connectivity index (χ0v) is 9.24. The molecule has 1 aromatic rings. The van der Waals surface area contributed by atoms with E-state index in [0.29, 0.717) is 0 Å². The van der Waals surface area contributed by atoms with Gasteiger partial charge in [0.25, 0.3) is 0 Å². The van der Waals surface area contributed by atoms with Crippen molar-refractivity contribution in [2.75, 3.05) is 7.11 Å². The van der Waals surface area contributed by atoms with Gasteiger partial charge in [-0.05, 0) is 39.7 Å². The third-order valence-electron chi connectivity index (χ3n) is 1.62. The molecule has 14 heavy (non-hydrogen) atoms. The van der Waals surface area contributed by atoms with Gasteiger partial charge in [-0.3, -0.25) is 4.79 Å². The summed E-state index contributed by atoms with van der Waals surface area (Å²) in [4.78, 5) is 10.5. The molecule has 0 unspecified atom stereocenters. The highest BCUT2D eigenvalue weighted by atomic mass is 79.9. The lowest BCUT2D eigenvalue weighted by atomic mass is 10.2. The molecule has 0 fully saturated rings. The summed E-state index contributed by atoms with van der Waals surface area (Å²) in [6.07, 6.45) is 2.96. The Morgan fingerprint density at radius 1 is 1.57 bits per heavy atom. The van der Waals surface area contributed by atoms with E-state index in [4.69, 9.17) is 10.5 Å². The van der Waals surface area contributed by atoms with Crippen molar-refractivity contribution in [2.45, 2.75) is 0 Å². The molecule has 0 aliphatic carbocycles. The van der Waals surface area contributed by atoms with E-state index in [-0.39, 0.29) is 0 Å². The van der Waals surface area contributed by atoms with Crippen molar-refractivity contribution >= 4 is 27.9 Å². The van der Waals surface area contributed by atoms with Gasteiger partial charge in [0.15, 0.2) is 0 Å². The van der Waals surface area contributed by atoms with Gasteiger partial charge < -0.3 is 10.5 Å². The molecule has 0 saturated carbocycles. The summed E-state index contributed by atoms with van der Waals surface area (Å²) in [5.41, 5.74) is 5.86. The molecule has 74 valence electrons. The Hall–Kier alpha value is -1.29. The van der Waals surface area contributed by atoms with E-state index < -0.39 is 5.91 Å². The molecule has 1 rings (SSSR count). The van der Waals surface area contributed by atoms with Gasteiger partial charge in [0.05, 0.1) is 11.6 Å². The van der Waals surface area contributed by atoms with Gasteiger partial charge in [0.2, 0.25) is 5.91 Å². The molecular weight excluding hydrogens is 246 g/mol.